The van der Waals surface area contributed by atoms with Crippen molar-refractivity contribution in [1.82, 2.24) is 10.3 Å². The molecule has 0 fully saturated rings. The van der Waals surface area contributed by atoms with E-state index < -0.39 is 12.1 Å². The van der Waals surface area contributed by atoms with Crippen LogP contribution < -0.4 is 5.32 Å². The molecule has 0 aromatic carbocycles. The van der Waals surface area contributed by atoms with Crippen LogP contribution in [0, 0.1) is 0 Å². The first kappa shape index (κ1) is 13.6. The van der Waals surface area contributed by atoms with Gasteiger partial charge in [0.1, 0.15) is 0 Å². The third-order valence-electron chi connectivity index (χ3n) is 2.23. The maximum Gasteiger partial charge on any atom is 0.354 e. The number of aliphatic hydroxyl groups excluding tert-OH is 1. The quantitative estimate of drug-likeness (QED) is 0.734. The van der Waals surface area contributed by atoms with Gasteiger partial charge < -0.3 is 15.5 Å². The van der Waals surface area contributed by atoms with Gasteiger partial charge >= 0.3 is 5.97 Å². The van der Waals surface area contributed by atoms with E-state index in [0.717, 1.165) is 0 Å². The molecule has 0 bridgehead atoms. The fourth-order valence-corrected chi connectivity index (χ4v) is 1.38. The smallest absolute Gasteiger partial charge is 0.354 e. The predicted molar refractivity (Wildman–Crippen MR) is 63.9 cm³/mol. The average molecular weight is 238 g/mol. The van der Waals surface area contributed by atoms with E-state index in [1.807, 2.05) is 20.8 Å². The highest BCUT2D eigenvalue weighted by molar-refractivity contribution is 5.87. The number of hydrogen-bond acceptors (Lipinski definition) is 4. The van der Waals surface area contributed by atoms with E-state index in [0.29, 0.717) is 5.56 Å². The SMILES string of the molecule is CC(C)(C)NCC(O)c1cccnc1C(=O)O. The summed E-state index contributed by atoms with van der Waals surface area (Å²) < 4.78 is 0. The first-order valence-electron chi connectivity index (χ1n) is 5.42. The van der Waals surface area contributed by atoms with Crippen molar-refractivity contribution in [2.45, 2.75) is 32.4 Å². The summed E-state index contributed by atoms with van der Waals surface area (Å²) >= 11 is 0. The second-order valence-electron chi connectivity index (χ2n) is 4.89. The molecule has 1 aromatic heterocycles. The number of pyridine rings is 1. The van der Waals surface area contributed by atoms with Gasteiger partial charge in [0.15, 0.2) is 5.69 Å². The van der Waals surface area contributed by atoms with Gasteiger partial charge in [-0.3, -0.25) is 0 Å². The second-order valence-corrected chi connectivity index (χ2v) is 4.89. The minimum absolute atomic E-state index is 0.101. The molecule has 3 N–H and O–H groups in total. The fraction of sp³-hybridized carbons (Fsp3) is 0.500. The summed E-state index contributed by atoms with van der Waals surface area (Å²) in [5, 5.41) is 22.0. The van der Waals surface area contributed by atoms with Crippen molar-refractivity contribution in [1.29, 1.82) is 0 Å². The van der Waals surface area contributed by atoms with Gasteiger partial charge in [-0.25, -0.2) is 9.78 Å². The molecule has 1 unspecified atom stereocenters. The molecule has 0 aliphatic heterocycles. The molecular formula is C12H18N2O3. The number of rotatable bonds is 4. The van der Waals surface area contributed by atoms with Crippen molar-refractivity contribution in [3.63, 3.8) is 0 Å². The molecular weight excluding hydrogens is 220 g/mol. The van der Waals surface area contributed by atoms with Gasteiger partial charge in [-0.05, 0) is 26.8 Å². The van der Waals surface area contributed by atoms with E-state index in [9.17, 15) is 9.90 Å². The molecule has 0 aliphatic carbocycles. The number of carbonyl (C=O) groups is 1. The minimum Gasteiger partial charge on any atom is -0.477 e. The predicted octanol–water partition coefficient (Wildman–Crippen LogP) is 1.20. The molecule has 5 nitrogen and oxygen atoms in total. The monoisotopic (exact) mass is 238 g/mol. The summed E-state index contributed by atoms with van der Waals surface area (Å²) in [6.07, 6.45) is 0.519. The second kappa shape index (κ2) is 5.25. The van der Waals surface area contributed by atoms with Crippen LogP contribution in [0.15, 0.2) is 18.3 Å². The van der Waals surface area contributed by atoms with Crippen LogP contribution in [0.1, 0.15) is 42.9 Å². The van der Waals surface area contributed by atoms with Gasteiger partial charge in [-0.2, -0.15) is 0 Å². The lowest BCUT2D eigenvalue weighted by atomic mass is 10.0. The van der Waals surface area contributed by atoms with Crippen molar-refractivity contribution in [3.8, 4) is 0 Å². The lowest BCUT2D eigenvalue weighted by molar-refractivity contribution is 0.0681. The number of hydrogen-bond donors (Lipinski definition) is 3. The molecule has 1 aromatic rings. The Morgan fingerprint density at radius 2 is 2.18 bits per heavy atom. The zero-order valence-electron chi connectivity index (χ0n) is 10.3. The van der Waals surface area contributed by atoms with Crippen LogP contribution >= 0.6 is 0 Å². The van der Waals surface area contributed by atoms with Crippen LogP contribution in [0.3, 0.4) is 0 Å². The lowest BCUT2D eigenvalue weighted by Gasteiger charge is -2.23. The van der Waals surface area contributed by atoms with Crippen molar-refractivity contribution in [3.05, 3.63) is 29.6 Å². The molecule has 0 amide bonds. The van der Waals surface area contributed by atoms with Crippen molar-refractivity contribution >= 4 is 5.97 Å². The van der Waals surface area contributed by atoms with E-state index in [1.54, 1.807) is 12.1 Å². The molecule has 1 heterocycles. The Morgan fingerprint density at radius 1 is 1.53 bits per heavy atom. The molecule has 94 valence electrons. The minimum atomic E-state index is -1.13. The highest BCUT2D eigenvalue weighted by atomic mass is 16.4. The highest BCUT2D eigenvalue weighted by Crippen LogP contribution is 2.16. The van der Waals surface area contributed by atoms with Gasteiger partial charge in [-0.1, -0.05) is 6.07 Å². The van der Waals surface area contributed by atoms with E-state index in [4.69, 9.17) is 5.11 Å². The number of carboxylic acid groups (broad SMARTS) is 1. The van der Waals surface area contributed by atoms with Crippen LogP contribution in [-0.2, 0) is 0 Å². The molecule has 0 radical (unpaired) electrons. The Labute approximate surface area is 101 Å². The zero-order chi connectivity index (χ0) is 13.1. The van der Waals surface area contributed by atoms with Crippen molar-refractivity contribution in [2.75, 3.05) is 6.54 Å². The number of aromatic nitrogens is 1. The van der Waals surface area contributed by atoms with E-state index in [2.05, 4.69) is 10.3 Å². The van der Waals surface area contributed by atoms with Crippen LogP contribution in [0.4, 0.5) is 0 Å². The number of aliphatic hydroxyl groups is 1. The number of aromatic carboxylic acids is 1. The van der Waals surface area contributed by atoms with Crippen molar-refractivity contribution in [2.24, 2.45) is 0 Å². The number of nitrogens with one attached hydrogen (secondary N) is 1. The van der Waals surface area contributed by atoms with Gasteiger partial charge in [-0.15, -0.1) is 0 Å². The molecule has 1 rings (SSSR count). The van der Waals surface area contributed by atoms with Crippen LogP contribution in [-0.4, -0.2) is 33.3 Å². The molecule has 0 aliphatic rings. The van der Waals surface area contributed by atoms with Gasteiger partial charge in [0, 0.05) is 23.8 Å². The number of β-amino-alcohol motifs (C(OH)–C–C–N with tert-alkyl or cyclic N) is 1. The Hall–Kier alpha value is -1.46. The Kier molecular flexibility index (Phi) is 4.20. The summed E-state index contributed by atoms with van der Waals surface area (Å²) in [6, 6.07) is 3.19. The third kappa shape index (κ3) is 4.13. The Balaban J connectivity index is 2.82. The van der Waals surface area contributed by atoms with Crippen LogP contribution in [0.5, 0.6) is 0 Å². The molecule has 17 heavy (non-hydrogen) atoms. The summed E-state index contributed by atoms with van der Waals surface area (Å²) in [5.74, 6) is -1.13. The standard InChI is InChI=1S/C12H18N2O3/c1-12(2,3)14-7-9(15)8-5-4-6-13-10(8)11(16)17/h4-6,9,14-15H,7H2,1-3H3,(H,16,17). The Bertz CT molecular complexity index is 399. The number of nitrogens with zero attached hydrogens (tertiary/aromatic N) is 1. The average Bonchev–Trinajstić information content (AvgIpc) is 2.25. The normalized spacial score (nSPS) is 13.4. The summed E-state index contributed by atoms with van der Waals surface area (Å²) in [4.78, 5) is 14.7. The third-order valence-corrected chi connectivity index (χ3v) is 2.23. The fourth-order valence-electron chi connectivity index (χ4n) is 1.38. The van der Waals surface area contributed by atoms with E-state index in [-0.39, 0.29) is 17.8 Å². The maximum atomic E-state index is 10.9. The maximum absolute atomic E-state index is 10.9. The lowest BCUT2D eigenvalue weighted by Crippen LogP contribution is -2.38. The molecule has 5 heteroatoms. The van der Waals surface area contributed by atoms with Gasteiger partial charge in [0.2, 0.25) is 0 Å². The highest BCUT2D eigenvalue weighted by Gasteiger charge is 2.19. The van der Waals surface area contributed by atoms with E-state index >= 15 is 0 Å². The summed E-state index contributed by atoms with van der Waals surface area (Å²) in [7, 11) is 0. The largest absolute Gasteiger partial charge is 0.477 e. The van der Waals surface area contributed by atoms with Crippen LogP contribution in [0.25, 0.3) is 0 Å². The first-order valence-corrected chi connectivity index (χ1v) is 5.42. The molecule has 0 saturated heterocycles. The first-order chi connectivity index (χ1) is 7.81. The topological polar surface area (TPSA) is 82.5 Å². The Morgan fingerprint density at radius 3 is 2.71 bits per heavy atom. The molecule has 0 saturated carbocycles. The van der Waals surface area contributed by atoms with E-state index in [1.165, 1.54) is 6.20 Å². The summed E-state index contributed by atoms with van der Waals surface area (Å²) in [5.41, 5.74) is 0.0968. The van der Waals surface area contributed by atoms with Crippen LogP contribution in [0.2, 0.25) is 0 Å². The van der Waals surface area contributed by atoms with Crippen molar-refractivity contribution < 1.29 is 15.0 Å². The summed E-state index contributed by atoms with van der Waals surface area (Å²) in [6.45, 7) is 6.21. The van der Waals surface area contributed by atoms with Gasteiger partial charge in [0.25, 0.3) is 0 Å². The zero-order valence-corrected chi connectivity index (χ0v) is 10.3. The van der Waals surface area contributed by atoms with Gasteiger partial charge in [0.05, 0.1) is 6.10 Å². The molecule has 0 spiro atoms. The molecule has 1 atom stereocenters. The number of carboxylic acids is 1.